The van der Waals surface area contributed by atoms with Crippen molar-refractivity contribution in [1.29, 1.82) is 0 Å². The molecule has 0 fully saturated rings. The second-order valence-electron chi connectivity index (χ2n) is 7.95. The van der Waals surface area contributed by atoms with E-state index in [0.29, 0.717) is 30.2 Å². The maximum Gasteiger partial charge on any atom is 0.267 e. The normalized spacial score (nSPS) is 14.2. The second-order valence-corrected chi connectivity index (χ2v) is 10.9. The minimum atomic E-state index is -3.83. The number of nitrogens with zero attached hydrogens (tertiary/aromatic N) is 3. The maximum atomic E-state index is 12.8. The summed E-state index contributed by atoms with van der Waals surface area (Å²) >= 11 is 1.54. The number of carbonyl (C=O) groups excluding carboxylic acids is 1. The number of rotatable bonds is 6. The zero-order valence-corrected chi connectivity index (χ0v) is 20.3. The molecule has 1 aliphatic rings. The quantitative estimate of drug-likeness (QED) is 0.539. The fraction of sp³-hybridized carbons (Fsp3) is 0.304. The lowest BCUT2D eigenvalue weighted by atomic mass is 10.2. The van der Waals surface area contributed by atoms with Crippen LogP contribution in [0.15, 0.2) is 63.2 Å². The van der Waals surface area contributed by atoms with Gasteiger partial charge >= 0.3 is 0 Å². The number of anilines is 1. The van der Waals surface area contributed by atoms with Crippen molar-refractivity contribution in [2.45, 2.75) is 44.0 Å². The number of hydrogen-bond donors (Lipinski definition) is 2. The Morgan fingerprint density at radius 1 is 1.12 bits per heavy atom. The first-order valence-corrected chi connectivity index (χ1v) is 13.2. The Hall–Kier alpha value is -3.31. The molecule has 0 aliphatic carbocycles. The molecule has 1 aliphatic heterocycles. The van der Waals surface area contributed by atoms with Crippen molar-refractivity contribution in [2.75, 3.05) is 11.9 Å². The molecule has 1 aromatic carbocycles. The van der Waals surface area contributed by atoms with E-state index >= 15 is 0 Å². The summed E-state index contributed by atoms with van der Waals surface area (Å²) in [5.74, 6) is -0.0389. The van der Waals surface area contributed by atoms with Crippen LogP contribution in [0.25, 0.3) is 10.6 Å². The van der Waals surface area contributed by atoms with E-state index in [2.05, 4.69) is 20.1 Å². The van der Waals surface area contributed by atoms with E-state index in [9.17, 15) is 18.0 Å². The zero-order valence-electron chi connectivity index (χ0n) is 18.7. The minimum Gasteiger partial charge on any atom is -0.324 e. The molecule has 0 bridgehead atoms. The summed E-state index contributed by atoms with van der Waals surface area (Å²) in [5.41, 5.74) is 0.497. The van der Waals surface area contributed by atoms with Crippen LogP contribution in [-0.4, -0.2) is 36.5 Å². The van der Waals surface area contributed by atoms with Gasteiger partial charge in [0, 0.05) is 29.6 Å². The first-order valence-electron chi connectivity index (χ1n) is 10.9. The number of aromatic nitrogens is 2. The van der Waals surface area contributed by atoms with Crippen LogP contribution in [0.2, 0.25) is 0 Å². The van der Waals surface area contributed by atoms with Gasteiger partial charge in [0.2, 0.25) is 5.91 Å². The minimum absolute atomic E-state index is 0.0163. The van der Waals surface area contributed by atoms with Gasteiger partial charge in [-0.25, -0.2) is 13.1 Å². The number of thiophene rings is 1. The predicted octanol–water partition coefficient (Wildman–Crippen LogP) is 3.17. The summed E-state index contributed by atoms with van der Waals surface area (Å²) in [6.07, 6.45) is 3.43. The van der Waals surface area contributed by atoms with E-state index in [1.54, 1.807) is 29.5 Å². The van der Waals surface area contributed by atoms with Crippen molar-refractivity contribution in [3.63, 3.8) is 0 Å². The van der Waals surface area contributed by atoms with E-state index in [1.807, 2.05) is 19.1 Å². The fourth-order valence-corrected chi connectivity index (χ4v) is 5.48. The SMILES string of the molecule is Cc1ccc(-c2ccc(=O)n(CC(=O)Nc3cccc(S(=O)(=O)NC4=NCCCCC4)c3)n2)s1. The van der Waals surface area contributed by atoms with E-state index in [0.717, 1.165) is 33.7 Å². The Labute approximate surface area is 201 Å². The molecular weight excluding hydrogens is 474 g/mol. The summed E-state index contributed by atoms with van der Waals surface area (Å²) in [6, 6.07) is 12.8. The zero-order chi connectivity index (χ0) is 24.1. The number of amides is 1. The summed E-state index contributed by atoms with van der Waals surface area (Å²) in [5, 5.41) is 6.95. The molecule has 4 rings (SSSR count). The molecule has 2 aromatic heterocycles. The first-order chi connectivity index (χ1) is 16.3. The highest BCUT2D eigenvalue weighted by atomic mass is 32.2. The topological polar surface area (TPSA) is 123 Å². The highest BCUT2D eigenvalue weighted by Gasteiger charge is 2.18. The van der Waals surface area contributed by atoms with Gasteiger partial charge in [-0.3, -0.25) is 19.3 Å². The van der Waals surface area contributed by atoms with Gasteiger partial charge in [-0.2, -0.15) is 5.10 Å². The van der Waals surface area contributed by atoms with Crippen LogP contribution in [-0.2, 0) is 21.4 Å². The van der Waals surface area contributed by atoms with Gasteiger partial charge < -0.3 is 5.32 Å². The molecule has 1 amide bonds. The van der Waals surface area contributed by atoms with Crippen molar-refractivity contribution in [3.8, 4) is 10.6 Å². The summed E-state index contributed by atoms with van der Waals surface area (Å²) in [4.78, 5) is 31.2. The lowest BCUT2D eigenvalue weighted by Crippen LogP contribution is -2.31. The molecule has 3 aromatic rings. The monoisotopic (exact) mass is 499 g/mol. The molecule has 0 spiro atoms. The number of amidine groups is 1. The van der Waals surface area contributed by atoms with Crippen LogP contribution in [0, 0.1) is 6.92 Å². The summed E-state index contributed by atoms with van der Waals surface area (Å²) < 4.78 is 29.2. The van der Waals surface area contributed by atoms with Crippen LogP contribution < -0.4 is 15.6 Å². The third kappa shape index (κ3) is 5.97. The van der Waals surface area contributed by atoms with Gasteiger partial charge in [0.1, 0.15) is 18.1 Å². The van der Waals surface area contributed by atoms with Crippen LogP contribution in [0.3, 0.4) is 0 Å². The Morgan fingerprint density at radius 3 is 2.76 bits per heavy atom. The molecule has 3 heterocycles. The van der Waals surface area contributed by atoms with E-state index in [1.165, 1.54) is 18.2 Å². The van der Waals surface area contributed by atoms with Gasteiger partial charge in [-0.1, -0.05) is 12.5 Å². The Bertz CT molecular complexity index is 1390. The first kappa shape index (κ1) is 23.8. The van der Waals surface area contributed by atoms with E-state index in [4.69, 9.17) is 0 Å². The molecule has 0 radical (unpaired) electrons. The molecule has 0 atom stereocenters. The van der Waals surface area contributed by atoms with Crippen LogP contribution in [0.4, 0.5) is 5.69 Å². The van der Waals surface area contributed by atoms with Crippen LogP contribution in [0.5, 0.6) is 0 Å². The number of hydrogen-bond acceptors (Lipinski definition) is 7. The Kier molecular flexibility index (Phi) is 7.23. The van der Waals surface area contributed by atoms with Crippen molar-refractivity contribution in [2.24, 2.45) is 4.99 Å². The second kappa shape index (κ2) is 10.3. The van der Waals surface area contributed by atoms with Crippen LogP contribution in [0.1, 0.15) is 30.6 Å². The summed E-state index contributed by atoms with van der Waals surface area (Å²) in [6.45, 7) is 2.28. The number of aliphatic imine (C=N–C) groups is 1. The van der Waals surface area contributed by atoms with Gasteiger partial charge in [-0.05, 0) is 56.2 Å². The average molecular weight is 500 g/mol. The van der Waals surface area contributed by atoms with Gasteiger partial charge in [0.15, 0.2) is 0 Å². The Balaban J connectivity index is 1.46. The highest BCUT2D eigenvalue weighted by molar-refractivity contribution is 7.90. The van der Waals surface area contributed by atoms with Gasteiger partial charge in [0.25, 0.3) is 15.6 Å². The molecule has 0 saturated heterocycles. The molecule has 2 N–H and O–H groups in total. The number of nitrogens with one attached hydrogen (secondary N) is 2. The van der Waals surface area contributed by atoms with Crippen molar-refractivity contribution in [3.05, 3.63) is 63.8 Å². The molecular formula is C23H25N5O4S2. The standard InChI is InChI=1S/C23H25N5O4S2/c1-16-9-11-20(33-16)19-10-12-23(30)28(26-19)15-22(29)25-17-6-5-7-18(14-17)34(31,32)27-21-8-3-2-4-13-24-21/h5-7,9-12,14H,2-4,8,13,15H2,1H3,(H,24,27)(H,25,29). The number of aryl methyl sites for hydroxylation is 1. The van der Waals surface area contributed by atoms with Gasteiger partial charge in [-0.15, -0.1) is 11.3 Å². The van der Waals surface area contributed by atoms with E-state index in [-0.39, 0.29) is 11.4 Å². The smallest absolute Gasteiger partial charge is 0.267 e. The Morgan fingerprint density at radius 2 is 1.97 bits per heavy atom. The van der Waals surface area contributed by atoms with Crippen molar-refractivity contribution in [1.82, 2.24) is 14.5 Å². The fourth-order valence-electron chi connectivity index (χ4n) is 3.51. The molecule has 34 heavy (non-hydrogen) atoms. The third-order valence-corrected chi connectivity index (χ3v) is 7.61. The van der Waals surface area contributed by atoms with Crippen molar-refractivity contribution >= 4 is 38.8 Å². The lowest BCUT2D eigenvalue weighted by molar-refractivity contribution is -0.117. The summed E-state index contributed by atoms with van der Waals surface area (Å²) in [7, 11) is -3.83. The third-order valence-electron chi connectivity index (χ3n) is 5.21. The van der Waals surface area contributed by atoms with E-state index < -0.39 is 21.5 Å². The molecule has 9 nitrogen and oxygen atoms in total. The number of benzene rings is 1. The van der Waals surface area contributed by atoms with Crippen molar-refractivity contribution < 1.29 is 13.2 Å². The molecule has 0 unspecified atom stereocenters. The lowest BCUT2D eigenvalue weighted by Gasteiger charge is -2.12. The number of carbonyl (C=O) groups is 1. The molecule has 11 heteroatoms. The average Bonchev–Trinajstić information content (AvgIpc) is 3.07. The molecule has 178 valence electrons. The van der Waals surface area contributed by atoms with Gasteiger partial charge in [0.05, 0.1) is 9.77 Å². The molecule has 0 saturated carbocycles. The maximum absolute atomic E-state index is 12.8. The largest absolute Gasteiger partial charge is 0.324 e. The predicted molar refractivity (Wildman–Crippen MR) is 133 cm³/mol. The van der Waals surface area contributed by atoms with Crippen LogP contribution >= 0.6 is 11.3 Å². The number of sulfonamides is 1. The highest BCUT2D eigenvalue weighted by Crippen LogP contribution is 2.25.